The van der Waals surface area contributed by atoms with Crippen molar-refractivity contribution in [3.63, 3.8) is 0 Å². The molecule has 0 aliphatic carbocycles. The van der Waals surface area contributed by atoms with E-state index in [1.54, 1.807) is 12.3 Å². The van der Waals surface area contributed by atoms with Gasteiger partial charge in [-0.3, -0.25) is 0 Å². The summed E-state index contributed by atoms with van der Waals surface area (Å²) < 4.78 is 22.9. The van der Waals surface area contributed by atoms with Crippen LogP contribution in [0.15, 0.2) is 22.8 Å². The number of pyridine rings is 1. The van der Waals surface area contributed by atoms with Crippen LogP contribution in [0.2, 0.25) is 0 Å². The van der Waals surface area contributed by atoms with Crippen molar-refractivity contribution in [3.8, 4) is 0 Å². The van der Waals surface area contributed by atoms with Gasteiger partial charge in [0.15, 0.2) is 0 Å². The van der Waals surface area contributed by atoms with Gasteiger partial charge in [0.1, 0.15) is 15.7 Å². The Balaban J connectivity index is 2.67. The smallest absolute Gasteiger partial charge is 0.149 e. The van der Waals surface area contributed by atoms with E-state index in [1.165, 1.54) is 6.26 Å². The van der Waals surface area contributed by atoms with Crippen LogP contribution in [0, 0.1) is 0 Å². The fraction of sp³-hybridized carbons (Fsp3) is 0.444. The minimum absolute atomic E-state index is 0.0933. The van der Waals surface area contributed by atoms with Crippen molar-refractivity contribution in [1.82, 2.24) is 4.98 Å². The second kappa shape index (κ2) is 4.94. The zero-order valence-corrected chi connectivity index (χ0v) is 11.0. The number of aromatic nitrogens is 1. The lowest BCUT2D eigenvalue weighted by Crippen LogP contribution is -2.25. The normalized spacial score (nSPS) is 13.5. The standard InChI is InChI=1S/C9H13BrN2O2S/c1-7(6-15(2,13)14)12-9-8(10)4-3-5-11-9/h3-5,7H,6H2,1-2H3,(H,11,12). The molecule has 0 aliphatic heterocycles. The number of hydrogen-bond donors (Lipinski definition) is 1. The van der Waals surface area contributed by atoms with Crippen molar-refractivity contribution in [3.05, 3.63) is 22.8 Å². The van der Waals surface area contributed by atoms with E-state index in [9.17, 15) is 8.42 Å². The van der Waals surface area contributed by atoms with Gasteiger partial charge in [-0.25, -0.2) is 13.4 Å². The molecule has 0 spiro atoms. The van der Waals surface area contributed by atoms with Crippen molar-refractivity contribution in [2.24, 2.45) is 0 Å². The lowest BCUT2D eigenvalue weighted by Gasteiger charge is -2.14. The molecule has 0 aromatic carbocycles. The van der Waals surface area contributed by atoms with Gasteiger partial charge in [-0.05, 0) is 35.0 Å². The van der Waals surface area contributed by atoms with Gasteiger partial charge in [-0.2, -0.15) is 0 Å². The predicted molar refractivity (Wildman–Crippen MR) is 64.7 cm³/mol. The highest BCUT2D eigenvalue weighted by Gasteiger charge is 2.11. The lowest BCUT2D eigenvalue weighted by atomic mass is 10.4. The fourth-order valence-corrected chi connectivity index (χ4v) is 2.58. The second-order valence-electron chi connectivity index (χ2n) is 3.47. The summed E-state index contributed by atoms with van der Waals surface area (Å²) >= 11 is 3.33. The topological polar surface area (TPSA) is 59.1 Å². The van der Waals surface area contributed by atoms with Crippen LogP contribution >= 0.6 is 15.9 Å². The second-order valence-corrected chi connectivity index (χ2v) is 6.51. The average molecular weight is 293 g/mol. The molecule has 1 rings (SSSR count). The molecule has 1 heterocycles. The maximum Gasteiger partial charge on any atom is 0.149 e. The molecule has 1 atom stereocenters. The summed E-state index contributed by atoms with van der Waals surface area (Å²) in [5.41, 5.74) is 0. The highest BCUT2D eigenvalue weighted by molar-refractivity contribution is 9.10. The van der Waals surface area contributed by atoms with E-state index in [4.69, 9.17) is 0 Å². The van der Waals surface area contributed by atoms with Crippen molar-refractivity contribution in [2.75, 3.05) is 17.3 Å². The first-order chi connectivity index (χ1) is 6.88. The van der Waals surface area contributed by atoms with Crippen molar-refractivity contribution in [1.29, 1.82) is 0 Å². The van der Waals surface area contributed by atoms with Crippen LogP contribution in [0.5, 0.6) is 0 Å². The van der Waals surface area contributed by atoms with Gasteiger partial charge < -0.3 is 5.32 Å². The van der Waals surface area contributed by atoms with Gasteiger partial charge in [0, 0.05) is 18.5 Å². The first-order valence-electron chi connectivity index (χ1n) is 4.43. The van der Waals surface area contributed by atoms with Crippen molar-refractivity contribution >= 4 is 31.6 Å². The largest absolute Gasteiger partial charge is 0.366 e. The number of rotatable bonds is 4. The van der Waals surface area contributed by atoms with E-state index in [2.05, 4.69) is 26.2 Å². The van der Waals surface area contributed by atoms with E-state index in [1.807, 2.05) is 13.0 Å². The summed E-state index contributed by atoms with van der Waals surface area (Å²) in [4.78, 5) is 4.10. The van der Waals surface area contributed by atoms with E-state index in [-0.39, 0.29) is 11.8 Å². The first kappa shape index (κ1) is 12.4. The zero-order valence-electron chi connectivity index (χ0n) is 8.57. The third-order valence-electron chi connectivity index (χ3n) is 1.69. The maximum atomic E-state index is 11.0. The van der Waals surface area contributed by atoms with Crippen LogP contribution in [0.25, 0.3) is 0 Å². The van der Waals surface area contributed by atoms with Crippen LogP contribution < -0.4 is 5.32 Å². The minimum atomic E-state index is -2.96. The quantitative estimate of drug-likeness (QED) is 0.917. The predicted octanol–water partition coefficient (Wildman–Crippen LogP) is 1.69. The Hall–Kier alpha value is -0.620. The summed E-state index contributed by atoms with van der Waals surface area (Å²) in [6.07, 6.45) is 2.87. The molecule has 1 aromatic heterocycles. The Kier molecular flexibility index (Phi) is 4.10. The number of nitrogens with zero attached hydrogens (tertiary/aromatic N) is 1. The first-order valence-corrected chi connectivity index (χ1v) is 7.28. The molecule has 0 saturated heterocycles. The van der Waals surface area contributed by atoms with E-state index in [0.717, 1.165) is 4.47 Å². The summed E-state index contributed by atoms with van der Waals surface area (Å²) in [6, 6.07) is 3.49. The third kappa shape index (κ3) is 4.61. The molecule has 1 unspecified atom stereocenters. The molecule has 1 aromatic rings. The summed E-state index contributed by atoms with van der Waals surface area (Å²) in [5, 5.41) is 3.03. The zero-order chi connectivity index (χ0) is 11.5. The van der Waals surface area contributed by atoms with Crippen molar-refractivity contribution in [2.45, 2.75) is 13.0 Å². The fourth-order valence-electron chi connectivity index (χ4n) is 1.22. The molecule has 0 fully saturated rings. The third-order valence-corrected chi connectivity index (χ3v) is 3.44. The highest BCUT2D eigenvalue weighted by Crippen LogP contribution is 2.19. The summed E-state index contributed by atoms with van der Waals surface area (Å²) in [7, 11) is -2.96. The van der Waals surface area contributed by atoms with Gasteiger partial charge in [-0.15, -0.1) is 0 Å². The van der Waals surface area contributed by atoms with Gasteiger partial charge in [0.25, 0.3) is 0 Å². The lowest BCUT2D eigenvalue weighted by molar-refractivity contribution is 0.598. The Labute approximate surface area is 98.2 Å². The van der Waals surface area contributed by atoms with Gasteiger partial charge in [-0.1, -0.05) is 0 Å². The van der Waals surface area contributed by atoms with Crippen LogP contribution in [0.1, 0.15) is 6.92 Å². The van der Waals surface area contributed by atoms with Crippen LogP contribution in [0.4, 0.5) is 5.82 Å². The van der Waals surface area contributed by atoms with E-state index in [0.29, 0.717) is 5.82 Å². The molecule has 0 bridgehead atoms. The van der Waals surface area contributed by atoms with Gasteiger partial charge in [0.2, 0.25) is 0 Å². The average Bonchev–Trinajstić information content (AvgIpc) is 2.05. The number of hydrogen-bond acceptors (Lipinski definition) is 4. The molecule has 0 aliphatic rings. The highest BCUT2D eigenvalue weighted by atomic mass is 79.9. The van der Waals surface area contributed by atoms with E-state index >= 15 is 0 Å². The van der Waals surface area contributed by atoms with E-state index < -0.39 is 9.84 Å². The number of halogens is 1. The molecule has 84 valence electrons. The molecule has 0 radical (unpaired) electrons. The number of anilines is 1. The maximum absolute atomic E-state index is 11.0. The molecular formula is C9H13BrN2O2S. The molecule has 6 heteroatoms. The molecule has 0 amide bonds. The van der Waals surface area contributed by atoms with Gasteiger partial charge in [0.05, 0.1) is 10.2 Å². The van der Waals surface area contributed by atoms with Crippen LogP contribution in [-0.4, -0.2) is 31.5 Å². The number of nitrogens with one attached hydrogen (secondary N) is 1. The molecule has 15 heavy (non-hydrogen) atoms. The van der Waals surface area contributed by atoms with Crippen LogP contribution in [-0.2, 0) is 9.84 Å². The SMILES string of the molecule is CC(CS(C)(=O)=O)Nc1ncccc1Br. The van der Waals surface area contributed by atoms with Crippen LogP contribution in [0.3, 0.4) is 0 Å². The summed E-state index contributed by atoms with van der Waals surface area (Å²) in [5.74, 6) is 0.754. The molecule has 0 saturated carbocycles. The molecular weight excluding hydrogens is 280 g/mol. The molecule has 1 N–H and O–H groups in total. The van der Waals surface area contributed by atoms with Gasteiger partial charge >= 0.3 is 0 Å². The Bertz CT molecular complexity index is 433. The minimum Gasteiger partial charge on any atom is -0.366 e. The van der Waals surface area contributed by atoms with Crippen molar-refractivity contribution < 1.29 is 8.42 Å². The monoisotopic (exact) mass is 292 g/mol. The Morgan fingerprint density at radius 3 is 2.80 bits per heavy atom. The molecule has 4 nitrogen and oxygen atoms in total. The Morgan fingerprint density at radius 2 is 2.27 bits per heavy atom. The Morgan fingerprint density at radius 1 is 1.60 bits per heavy atom. The summed E-state index contributed by atoms with van der Waals surface area (Å²) in [6.45, 7) is 1.81. The number of sulfone groups is 1.